The largest absolute Gasteiger partial charge is 0.309 e. The Hall–Kier alpha value is -5.57. The molecule has 0 N–H and O–H groups in total. The number of rotatable bonds is 4. The minimum absolute atomic E-state index is 1.03. The van der Waals surface area contributed by atoms with Crippen molar-refractivity contribution in [2.24, 2.45) is 0 Å². The predicted molar refractivity (Wildman–Crippen MR) is 211 cm³/mol. The fraction of sp³-hybridized carbons (Fsp3) is 0.0435. The Morgan fingerprint density at radius 1 is 0.604 bits per heavy atom. The molecule has 0 unspecified atom stereocenters. The molecule has 2 heterocycles. The third kappa shape index (κ3) is 5.76. The Kier molecular flexibility index (Phi) is 8.83. The van der Waals surface area contributed by atoms with E-state index < -0.39 is 0 Å². The summed E-state index contributed by atoms with van der Waals surface area (Å²) >= 11 is 1.77. The fourth-order valence-electron chi connectivity index (χ4n) is 6.61. The van der Waals surface area contributed by atoms with Gasteiger partial charge in [-0.05, 0) is 93.6 Å². The summed E-state index contributed by atoms with van der Waals surface area (Å²) in [6.45, 7) is 11.8. The van der Waals surface area contributed by atoms with Crippen molar-refractivity contribution in [3.63, 3.8) is 0 Å². The Morgan fingerprint density at radius 2 is 1.29 bits per heavy atom. The lowest BCUT2D eigenvalue weighted by atomic mass is 9.91. The number of hydrogen-bond acceptors (Lipinski definition) is 1. The highest BCUT2D eigenvalue weighted by Gasteiger charge is 2.19. The molecule has 0 amide bonds. The highest BCUT2D eigenvalue weighted by atomic mass is 32.2. The zero-order chi connectivity index (χ0) is 33.0. The van der Waals surface area contributed by atoms with Crippen molar-refractivity contribution in [2.45, 2.75) is 18.7 Å². The molecule has 0 atom stereocenters. The third-order valence-corrected chi connectivity index (χ3v) is 9.76. The number of allylic oxidation sites excluding steroid dienone is 5. The van der Waals surface area contributed by atoms with E-state index >= 15 is 0 Å². The van der Waals surface area contributed by atoms with E-state index in [0.29, 0.717) is 0 Å². The zero-order valence-electron chi connectivity index (χ0n) is 27.4. The average molecular weight is 636 g/mol. The summed E-state index contributed by atoms with van der Waals surface area (Å²) in [5, 5.41) is 4.69. The first-order valence-electron chi connectivity index (χ1n) is 16.3. The molecule has 1 aliphatic heterocycles. The molecule has 7 aromatic rings. The Morgan fingerprint density at radius 3 is 2.08 bits per heavy atom. The maximum absolute atomic E-state index is 4.36. The maximum atomic E-state index is 4.36. The number of benzene rings is 6. The maximum Gasteiger partial charge on any atom is 0.0552 e. The molecular weight excluding hydrogens is 599 g/mol. The van der Waals surface area contributed by atoms with Gasteiger partial charge in [0.15, 0.2) is 0 Å². The van der Waals surface area contributed by atoms with E-state index in [4.69, 9.17) is 0 Å². The van der Waals surface area contributed by atoms with Gasteiger partial charge >= 0.3 is 0 Å². The SMILES string of the molecule is C=C1/C=C\C=C/Sc2c1ccc1c2c2ccccc2n1-c1cccc(-c2ccc(-c3ccccc3-c3ccccc3C)cc2)c1.C=CC. The molecule has 1 aromatic heterocycles. The summed E-state index contributed by atoms with van der Waals surface area (Å²) in [6.07, 6.45) is 8.00. The predicted octanol–water partition coefficient (Wildman–Crippen LogP) is 13.5. The lowest BCUT2D eigenvalue weighted by molar-refractivity contribution is 1.18. The van der Waals surface area contributed by atoms with E-state index in [2.05, 4.69) is 182 Å². The van der Waals surface area contributed by atoms with Crippen LogP contribution in [0.4, 0.5) is 0 Å². The summed E-state index contributed by atoms with van der Waals surface area (Å²) in [5.41, 5.74) is 14.5. The number of fused-ring (bicyclic) bond motifs is 5. The number of aromatic nitrogens is 1. The van der Waals surface area contributed by atoms with E-state index in [-0.39, 0.29) is 0 Å². The minimum atomic E-state index is 1.03. The summed E-state index contributed by atoms with van der Waals surface area (Å²) in [7, 11) is 0. The zero-order valence-corrected chi connectivity index (χ0v) is 28.2. The van der Waals surface area contributed by atoms with Crippen LogP contribution in [-0.4, -0.2) is 4.57 Å². The third-order valence-electron chi connectivity index (χ3n) is 8.81. The van der Waals surface area contributed by atoms with Gasteiger partial charge in [0.1, 0.15) is 0 Å². The van der Waals surface area contributed by atoms with Crippen molar-refractivity contribution in [1.29, 1.82) is 0 Å². The first kappa shape index (κ1) is 31.1. The molecule has 0 saturated heterocycles. The van der Waals surface area contributed by atoms with Crippen LogP contribution in [0, 0.1) is 6.92 Å². The molecule has 0 spiro atoms. The van der Waals surface area contributed by atoms with Crippen molar-refractivity contribution in [3.05, 3.63) is 187 Å². The van der Waals surface area contributed by atoms with Crippen molar-refractivity contribution in [1.82, 2.24) is 4.57 Å². The standard InChI is InChI=1S/C43H31NS.C3H6/c1-29-12-3-4-16-35(29)38-18-6-5-17-37(38)32-23-21-31(22-24-32)33-14-11-15-34(28-33)44-40-20-8-7-19-39(40)42-41(44)26-25-36-30(2)13-9-10-27-45-43(36)42;1-3-2/h3-28H,2H2,1H3;3H,1H2,2H3/b13-9-,27-10-;. The second-order valence-electron chi connectivity index (χ2n) is 11.9. The first-order valence-corrected chi connectivity index (χ1v) is 17.2. The summed E-state index contributed by atoms with van der Waals surface area (Å²) in [5.74, 6) is 0. The molecule has 0 bridgehead atoms. The van der Waals surface area contributed by atoms with Crippen LogP contribution in [0.3, 0.4) is 0 Å². The Bertz CT molecular complexity index is 2360. The van der Waals surface area contributed by atoms with Gasteiger partial charge in [-0.1, -0.05) is 152 Å². The van der Waals surface area contributed by atoms with Crippen LogP contribution in [0.5, 0.6) is 0 Å². The molecule has 6 aromatic carbocycles. The number of thioether (sulfide) groups is 1. The van der Waals surface area contributed by atoms with Gasteiger partial charge < -0.3 is 4.57 Å². The van der Waals surface area contributed by atoms with Gasteiger partial charge in [-0.25, -0.2) is 0 Å². The van der Waals surface area contributed by atoms with Gasteiger partial charge in [0, 0.05) is 21.4 Å². The van der Waals surface area contributed by atoms with E-state index in [0.717, 1.165) is 11.3 Å². The molecule has 232 valence electrons. The van der Waals surface area contributed by atoms with Gasteiger partial charge in [0.05, 0.1) is 11.0 Å². The lowest BCUT2D eigenvalue weighted by Gasteiger charge is -2.14. The fourth-order valence-corrected chi connectivity index (χ4v) is 7.57. The van der Waals surface area contributed by atoms with Gasteiger partial charge in [-0.15, -0.1) is 6.58 Å². The van der Waals surface area contributed by atoms with Gasteiger partial charge in [0.25, 0.3) is 0 Å². The summed E-state index contributed by atoms with van der Waals surface area (Å²) < 4.78 is 2.41. The first-order chi connectivity index (χ1) is 23.6. The number of aryl methyl sites for hydroxylation is 1. The molecule has 0 fully saturated rings. The van der Waals surface area contributed by atoms with E-state index in [1.54, 1.807) is 17.8 Å². The quantitative estimate of drug-likeness (QED) is 0.174. The molecule has 8 rings (SSSR count). The van der Waals surface area contributed by atoms with Crippen LogP contribution in [0.2, 0.25) is 0 Å². The van der Waals surface area contributed by atoms with E-state index in [9.17, 15) is 0 Å². The molecule has 0 aliphatic carbocycles. The molecule has 2 heteroatoms. The Labute approximate surface area is 287 Å². The van der Waals surface area contributed by atoms with Crippen molar-refractivity contribution in [2.75, 3.05) is 0 Å². The summed E-state index contributed by atoms with van der Waals surface area (Å²) in [6, 6.07) is 48.5. The van der Waals surface area contributed by atoms with E-state index in [1.165, 1.54) is 71.2 Å². The van der Waals surface area contributed by atoms with Crippen LogP contribution in [0.25, 0.3) is 66.4 Å². The minimum Gasteiger partial charge on any atom is -0.309 e. The van der Waals surface area contributed by atoms with Gasteiger partial charge in [-0.2, -0.15) is 0 Å². The number of hydrogen-bond donors (Lipinski definition) is 0. The molecule has 0 saturated carbocycles. The van der Waals surface area contributed by atoms with Crippen LogP contribution in [-0.2, 0) is 0 Å². The normalized spacial score (nSPS) is 13.6. The van der Waals surface area contributed by atoms with Crippen molar-refractivity contribution < 1.29 is 0 Å². The van der Waals surface area contributed by atoms with Crippen LogP contribution in [0.15, 0.2) is 181 Å². The lowest BCUT2D eigenvalue weighted by Crippen LogP contribution is -1.95. The molecule has 48 heavy (non-hydrogen) atoms. The topological polar surface area (TPSA) is 4.93 Å². The van der Waals surface area contributed by atoms with E-state index in [1.807, 2.05) is 6.92 Å². The van der Waals surface area contributed by atoms with Crippen molar-refractivity contribution >= 4 is 39.1 Å². The molecule has 0 radical (unpaired) electrons. The van der Waals surface area contributed by atoms with Crippen LogP contribution in [0.1, 0.15) is 18.1 Å². The second-order valence-corrected chi connectivity index (χ2v) is 12.8. The molecule has 1 aliphatic rings. The van der Waals surface area contributed by atoms with Crippen LogP contribution >= 0.6 is 11.8 Å². The molecular formula is C46H37NS. The monoisotopic (exact) mass is 635 g/mol. The highest BCUT2D eigenvalue weighted by molar-refractivity contribution is 8.02. The molecule has 1 nitrogen and oxygen atoms in total. The second kappa shape index (κ2) is 13.7. The highest BCUT2D eigenvalue weighted by Crippen LogP contribution is 2.43. The van der Waals surface area contributed by atoms with Crippen LogP contribution < -0.4 is 0 Å². The van der Waals surface area contributed by atoms with Gasteiger partial charge in [0.2, 0.25) is 0 Å². The Balaban J connectivity index is 0.00000117. The van der Waals surface area contributed by atoms with Gasteiger partial charge in [-0.3, -0.25) is 0 Å². The number of para-hydroxylation sites is 1. The average Bonchev–Trinajstić information content (AvgIpc) is 3.46. The number of nitrogens with zero attached hydrogens (tertiary/aromatic N) is 1. The van der Waals surface area contributed by atoms with Crippen molar-refractivity contribution in [3.8, 4) is 39.1 Å². The summed E-state index contributed by atoms with van der Waals surface area (Å²) in [4.78, 5) is 1.26. The smallest absolute Gasteiger partial charge is 0.0552 e.